The fraction of sp³-hybridized carbons (Fsp3) is 0.0476. The Balaban J connectivity index is 1.47. The van der Waals surface area contributed by atoms with Crippen LogP contribution in [0.1, 0.15) is 11.1 Å². The topological polar surface area (TPSA) is 67.4 Å². The number of hydrogen-bond acceptors (Lipinski definition) is 3. The number of amides is 3. The van der Waals surface area contributed by atoms with Gasteiger partial charge in [0.05, 0.1) is 0 Å². The van der Waals surface area contributed by atoms with E-state index in [0.29, 0.717) is 6.61 Å². The first-order chi connectivity index (χ1) is 12.7. The smallest absolute Gasteiger partial charge is 0.326 e. The molecule has 3 aromatic carbocycles. The van der Waals surface area contributed by atoms with Crippen LogP contribution < -0.4 is 15.4 Å². The Bertz CT molecular complexity index is 1020. The van der Waals surface area contributed by atoms with Gasteiger partial charge in [0.25, 0.3) is 5.91 Å². The van der Waals surface area contributed by atoms with Crippen LogP contribution in [0.3, 0.4) is 0 Å². The number of rotatable bonds is 4. The third-order valence-corrected chi connectivity index (χ3v) is 4.19. The molecule has 3 aromatic rings. The molecule has 0 atom stereocenters. The lowest BCUT2D eigenvalue weighted by Gasteiger charge is -2.09. The summed E-state index contributed by atoms with van der Waals surface area (Å²) in [5.41, 5.74) is 2.16. The fourth-order valence-electron chi connectivity index (χ4n) is 2.89. The van der Waals surface area contributed by atoms with E-state index in [9.17, 15) is 9.59 Å². The first-order valence-electron chi connectivity index (χ1n) is 8.22. The molecule has 0 saturated carbocycles. The zero-order valence-corrected chi connectivity index (χ0v) is 13.9. The van der Waals surface area contributed by atoms with Gasteiger partial charge in [0, 0.05) is 0 Å². The lowest BCUT2D eigenvalue weighted by Crippen LogP contribution is -2.22. The molecule has 0 radical (unpaired) electrons. The molecule has 3 amide bonds. The molecule has 0 aromatic heterocycles. The SMILES string of the molecule is O=C1NC(=O)/C(=C\c2ccc(OCc3cccc4ccccc34)cc2)N1. The van der Waals surface area contributed by atoms with Gasteiger partial charge in [-0.3, -0.25) is 10.1 Å². The molecular formula is C21H16N2O3. The average molecular weight is 344 g/mol. The van der Waals surface area contributed by atoms with Crippen molar-refractivity contribution in [2.45, 2.75) is 6.61 Å². The van der Waals surface area contributed by atoms with Crippen molar-refractivity contribution in [3.05, 3.63) is 83.6 Å². The minimum atomic E-state index is -0.503. The molecular weight excluding hydrogens is 328 g/mol. The second-order valence-electron chi connectivity index (χ2n) is 5.96. The summed E-state index contributed by atoms with van der Waals surface area (Å²) in [5.74, 6) is 0.311. The second-order valence-corrected chi connectivity index (χ2v) is 5.96. The third kappa shape index (κ3) is 3.28. The van der Waals surface area contributed by atoms with E-state index in [1.807, 2.05) is 42.5 Å². The predicted octanol–water partition coefficient (Wildman–Crippen LogP) is 3.60. The molecule has 1 aliphatic rings. The van der Waals surface area contributed by atoms with Crippen molar-refractivity contribution in [3.63, 3.8) is 0 Å². The number of imide groups is 1. The highest BCUT2D eigenvalue weighted by Crippen LogP contribution is 2.21. The van der Waals surface area contributed by atoms with Crippen molar-refractivity contribution in [2.24, 2.45) is 0 Å². The fourth-order valence-corrected chi connectivity index (χ4v) is 2.89. The Labute approximate surface area is 150 Å². The summed E-state index contributed by atoms with van der Waals surface area (Å²) >= 11 is 0. The quantitative estimate of drug-likeness (QED) is 0.561. The maximum atomic E-state index is 11.5. The number of carbonyl (C=O) groups is 2. The summed E-state index contributed by atoms with van der Waals surface area (Å²) < 4.78 is 5.89. The Kier molecular flexibility index (Phi) is 4.11. The van der Waals surface area contributed by atoms with Crippen LogP contribution in [-0.4, -0.2) is 11.9 Å². The van der Waals surface area contributed by atoms with E-state index in [1.54, 1.807) is 6.08 Å². The minimum absolute atomic E-state index is 0.236. The van der Waals surface area contributed by atoms with E-state index in [-0.39, 0.29) is 5.70 Å². The molecule has 0 aliphatic carbocycles. The van der Waals surface area contributed by atoms with Crippen LogP contribution in [0.4, 0.5) is 4.79 Å². The van der Waals surface area contributed by atoms with Gasteiger partial charge in [0.15, 0.2) is 0 Å². The Morgan fingerprint density at radius 1 is 0.846 bits per heavy atom. The first-order valence-corrected chi connectivity index (χ1v) is 8.22. The van der Waals surface area contributed by atoms with Gasteiger partial charge in [-0.2, -0.15) is 0 Å². The van der Waals surface area contributed by atoms with Gasteiger partial charge in [-0.15, -0.1) is 0 Å². The third-order valence-electron chi connectivity index (χ3n) is 4.19. The van der Waals surface area contributed by atoms with Crippen LogP contribution in [0.25, 0.3) is 16.8 Å². The van der Waals surface area contributed by atoms with E-state index in [2.05, 4.69) is 34.9 Å². The van der Waals surface area contributed by atoms with Crippen LogP contribution in [0.15, 0.2) is 72.4 Å². The van der Waals surface area contributed by atoms with Crippen molar-refractivity contribution < 1.29 is 14.3 Å². The van der Waals surface area contributed by atoms with Crippen molar-refractivity contribution in [3.8, 4) is 5.75 Å². The highest BCUT2D eigenvalue weighted by molar-refractivity contribution is 6.13. The molecule has 5 nitrogen and oxygen atoms in total. The van der Waals surface area contributed by atoms with Gasteiger partial charge in [-0.25, -0.2) is 4.79 Å². The predicted molar refractivity (Wildman–Crippen MR) is 99.4 cm³/mol. The molecule has 26 heavy (non-hydrogen) atoms. The molecule has 0 bridgehead atoms. The highest BCUT2D eigenvalue weighted by Gasteiger charge is 2.22. The summed E-state index contributed by atoms with van der Waals surface area (Å²) in [6.45, 7) is 0.472. The Hall–Kier alpha value is -3.60. The standard InChI is InChI=1S/C21H16N2O3/c24-20-19(22-21(25)23-20)12-14-8-10-17(11-9-14)26-13-16-6-3-5-15-4-1-2-7-18(15)16/h1-12H,13H2,(H2,22,23,24,25)/b19-12+. The molecule has 1 fully saturated rings. The summed E-state index contributed by atoms with van der Waals surface area (Å²) in [4.78, 5) is 22.7. The van der Waals surface area contributed by atoms with Gasteiger partial charge >= 0.3 is 6.03 Å². The Morgan fingerprint density at radius 2 is 1.62 bits per heavy atom. The summed E-state index contributed by atoms with van der Waals surface area (Å²) in [7, 11) is 0. The van der Waals surface area contributed by atoms with Crippen LogP contribution >= 0.6 is 0 Å². The molecule has 2 N–H and O–H groups in total. The zero-order valence-electron chi connectivity index (χ0n) is 13.9. The van der Waals surface area contributed by atoms with Gasteiger partial charge in [0.2, 0.25) is 0 Å². The second kappa shape index (κ2) is 6.72. The van der Waals surface area contributed by atoms with Crippen LogP contribution in [0, 0.1) is 0 Å². The lowest BCUT2D eigenvalue weighted by atomic mass is 10.1. The number of ether oxygens (including phenoxy) is 1. The highest BCUT2D eigenvalue weighted by atomic mass is 16.5. The monoisotopic (exact) mass is 344 g/mol. The molecule has 0 spiro atoms. The average Bonchev–Trinajstić information content (AvgIpc) is 2.98. The van der Waals surface area contributed by atoms with E-state index in [1.165, 1.54) is 10.8 Å². The number of nitrogens with one attached hydrogen (secondary N) is 2. The maximum Gasteiger partial charge on any atom is 0.326 e. The molecule has 1 heterocycles. The van der Waals surface area contributed by atoms with Gasteiger partial charge < -0.3 is 10.1 Å². The number of hydrogen-bond donors (Lipinski definition) is 2. The zero-order chi connectivity index (χ0) is 17.9. The lowest BCUT2D eigenvalue weighted by molar-refractivity contribution is -0.115. The van der Waals surface area contributed by atoms with Crippen molar-refractivity contribution >= 4 is 28.8 Å². The van der Waals surface area contributed by atoms with Crippen LogP contribution in [0.5, 0.6) is 5.75 Å². The summed E-state index contributed by atoms with van der Waals surface area (Å²) in [6.07, 6.45) is 1.62. The van der Waals surface area contributed by atoms with Crippen molar-refractivity contribution in [1.82, 2.24) is 10.6 Å². The van der Waals surface area contributed by atoms with Crippen LogP contribution in [0.2, 0.25) is 0 Å². The number of benzene rings is 3. The first kappa shape index (κ1) is 15.9. The summed E-state index contributed by atoms with van der Waals surface area (Å²) in [5, 5.41) is 7.00. The Morgan fingerprint density at radius 3 is 2.38 bits per heavy atom. The molecule has 5 heteroatoms. The van der Waals surface area contributed by atoms with Gasteiger partial charge in [-0.1, -0.05) is 54.6 Å². The van der Waals surface area contributed by atoms with Gasteiger partial charge in [0.1, 0.15) is 18.1 Å². The normalized spacial score (nSPS) is 15.2. The van der Waals surface area contributed by atoms with E-state index in [4.69, 9.17) is 4.74 Å². The van der Waals surface area contributed by atoms with E-state index < -0.39 is 11.9 Å². The number of carbonyl (C=O) groups excluding carboxylic acids is 2. The maximum absolute atomic E-state index is 11.5. The van der Waals surface area contributed by atoms with Crippen molar-refractivity contribution in [2.75, 3.05) is 0 Å². The molecule has 1 saturated heterocycles. The molecule has 1 aliphatic heterocycles. The summed E-state index contributed by atoms with van der Waals surface area (Å²) in [6, 6.07) is 21.2. The van der Waals surface area contributed by atoms with E-state index >= 15 is 0 Å². The number of urea groups is 1. The van der Waals surface area contributed by atoms with Crippen molar-refractivity contribution in [1.29, 1.82) is 0 Å². The molecule has 128 valence electrons. The number of fused-ring (bicyclic) bond motifs is 1. The molecule has 0 unspecified atom stereocenters. The molecule has 4 rings (SSSR count). The van der Waals surface area contributed by atoms with Crippen LogP contribution in [-0.2, 0) is 11.4 Å². The van der Waals surface area contributed by atoms with Gasteiger partial charge in [-0.05, 0) is 40.1 Å². The largest absolute Gasteiger partial charge is 0.489 e. The van der Waals surface area contributed by atoms with E-state index in [0.717, 1.165) is 16.9 Å². The minimum Gasteiger partial charge on any atom is -0.489 e.